The number of hydrogen-bond donors (Lipinski definition) is 2. The van der Waals surface area contributed by atoms with Gasteiger partial charge in [-0.05, 0) is 20.3 Å². The smallest absolute Gasteiger partial charge is 0.376 e. The highest BCUT2D eigenvalue weighted by atomic mass is 19.4. The average Bonchev–Trinajstić information content (AvgIpc) is 2.44. The van der Waals surface area contributed by atoms with E-state index in [0.29, 0.717) is 13.0 Å². The Hall–Kier alpha value is -0.820. The molecule has 0 aromatic heterocycles. The second kappa shape index (κ2) is 5.22. The second-order valence-corrected chi connectivity index (χ2v) is 4.45. The molecule has 0 aliphatic carbocycles. The summed E-state index contributed by atoms with van der Waals surface area (Å²) in [5.41, 5.74) is -0.489. The molecule has 100 valence electrons. The van der Waals surface area contributed by atoms with Crippen molar-refractivity contribution in [1.82, 2.24) is 10.6 Å². The van der Waals surface area contributed by atoms with Gasteiger partial charge in [-0.15, -0.1) is 0 Å². The van der Waals surface area contributed by atoms with Crippen LogP contribution in [0.4, 0.5) is 13.2 Å². The van der Waals surface area contributed by atoms with Crippen molar-refractivity contribution in [3.05, 3.63) is 0 Å². The van der Waals surface area contributed by atoms with Crippen LogP contribution in [-0.2, 0) is 9.53 Å². The lowest BCUT2D eigenvalue weighted by Gasteiger charge is -2.28. The van der Waals surface area contributed by atoms with Crippen LogP contribution >= 0.6 is 0 Å². The first-order chi connectivity index (χ1) is 7.73. The summed E-state index contributed by atoms with van der Waals surface area (Å²) in [6, 6.07) is 0. The predicted molar refractivity (Wildman–Crippen MR) is 55.5 cm³/mol. The average molecular weight is 254 g/mol. The van der Waals surface area contributed by atoms with E-state index in [0.717, 1.165) is 0 Å². The van der Waals surface area contributed by atoms with E-state index in [9.17, 15) is 18.0 Å². The van der Waals surface area contributed by atoms with E-state index in [1.807, 2.05) is 13.8 Å². The van der Waals surface area contributed by atoms with Gasteiger partial charge in [-0.3, -0.25) is 4.79 Å². The van der Waals surface area contributed by atoms with E-state index >= 15 is 0 Å². The standard InChI is InChI=1S/C10H17F3N2O2/c1-7-9(2,3-4-17-7)15-8(16)5-14-6-10(11,12)13/h7,14H,3-6H2,1-2H3,(H,15,16). The lowest BCUT2D eigenvalue weighted by molar-refractivity contribution is -0.129. The highest BCUT2D eigenvalue weighted by Crippen LogP contribution is 2.24. The Kier molecular flexibility index (Phi) is 4.37. The molecule has 1 rings (SSSR count). The lowest BCUT2D eigenvalue weighted by Crippen LogP contribution is -2.53. The molecule has 4 nitrogen and oxygen atoms in total. The van der Waals surface area contributed by atoms with Crippen LogP contribution in [0.1, 0.15) is 20.3 Å². The zero-order valence-electron chi connectivity index (χ0n) is 9.86. The van der Waals surface area contributed by atoms with Crippen molar-refractivity contribution in [3.8, 4) is 0 Å². The molecule has 1 heterocycles. The third-order valence-electron chi connectivity index (χ3n) is 2.92. The number of alkyl halides is 3. The quantitative estimate of drug-likeness (QED) is 0.781. The summed E-state index contributed by atoms with van der Waals surface area (Å²) in [5.74, 6) is -0.450. The van der Waals surface area contributed by atoms with Crippen LogP contribution in [0, 0.1) is 0 Å². The number of amides is 1. The SMILES string of the molecule is CC1OCCC1(C)NC(=O)CNCC(F)(F)F. The molecule has 7 heteroatoms. The molecule has 0 bridgehead atoms. The molecule has 1 aliphatic rings. The third-order valence-corrected chi connectivity index (χ3v) is 2.92. The molecule has 2 unspecified atom stereocenters. The van der Waals surface area contributed by atoms with E-state index in [1.165, 1.54) is 0 Å². The number of ether oxygens (including phenoxy) is 1. The van der Waals surface area contributed by atoms with Gasteiger partial charge in [-0.25, -0.2) is 0 Å². The van der Waals surface area contributed by atoms with Gasteiger partial charge in [0.25, 0.3) is 0 Å². The summed E-state index contributed by atoms with van der Waals surface area (Å²) in [6.07, 6.45) is -3.76. The van der Waals surface area contributed by atoms with Gasteiger partial charge in [0.15, 0.2) is 0 Å². The number of carbonyl (C=O) groups is 1. The first-order valence-corrected chi connectivity index (χ1v) is 5.43. The normalized spacial score (nSPS) is 29.4. The fourth-order valence-electron chi connectivity index (χ4n) is 1.68. The Morgan fingerprint density at radius 3 is 2.65 bits per heavy atom. The van der Waals surface area contributed by atoms with Gasteiger partial charge in [0.1, 0.15) is 0 Å². The molecule has 0 aromatic rings. The Balaban J connectivity index is 2.30. The molecule has 1 saturated heterocycles. The monoisotopic (exact) mass is 254 g/mol. The fraction of sp³-hybridized carbons (Fsp3) is 0.900. The van der Waals surface area contributed by atoms with Gasteiger partial charge >= 0.3 is 6.18 Å². The van der Waals surface area contributed by atoms with Crippen LogP contribution in [0.3, 0.4) is 0 Å². The largest absolute Gasteiger partial charge is 0.401 e. The molecule has 0 saturated carbocycles. The van der Waals surface area contributed by atoms with E-state index in [1.54, 1.807) is 0 Å². The zero-order chi connectivity index (χ0) is 13.1. The Morgan fingerprint density at radius 2 is 2.18 bits per heavy atom. The molecular weight excluding hydrogens is 237 g/mol. The van der Waals surface area contributed by atoms with E-state index in [4.69, 9.17) is 4.74 Å². The molecule has 2 atom stereocenters. The number of halogens is 3. The van der Waals surface area contributed by atoms with E-state index < -0.39 is 24.2 Å². The van der Waals surface area contributed by atoms with Crippen LogP contribution in [0.25, 0.3) is 0 Å². The van der Waals surface area contributed by atoms with Crippen molar-refractivity contribution in [2.45, 2.75) is 38.1 Å². The molecule has 1 amide bonds. The second-order valence-electron chi connectivity index (χ2n) is 4.45. The number of nitrogens with one attached hydrogen (secondary N) is 2. The van der Waals surface area contributed by atoms with E-state index in [-0.39, 0.29) is 12.6 Å². The van der Waals surface area contributed by atoms with Crippen LogP contribution < -0.4 is 10.6 Å². The van der Waals surface area contributed by atoms with Gasteiger partial charge in [-0.2, -0.15) is 13.2 Å². The summed E-state index contributed by atoms with van der Waals surface area (Å²) in [6.45, 7) is 2.70. The van der Waals surface area contributed by atoms with E-state index in [2.05, 4.69) is 10.6 Å². The molecule has 17 heavy (non-hydrogen) atoms. The molecule has 1 aliphatic heterocycles. The first kappa shape index (κ1) is 14.2. The van der Waals surface area contributed by atoms with Gasteiger partial charge in [0.05, 0.1) is 24.7 Å². The number of hydrogen-bond acceptors (Lipinski definition) is 3. The summed E-state index contributed by atoms with van der Waals surface area (Å²) < 4.78 is 40.8. The summed E-state index contributed by atoms with van der Waals surface area (Å²) in [5, 5.41) is 4.75. The van der Waals surface area contributed by atoms with Crippen LogP contribution in [-0.4, -0.2) is 43.4 Å². The molecule has 0 spiro atoms. The van der Waals surface area contributed by atoms with Crippen molar-refractivity contribution in [2.24, 2.45) is 0 Å². The van der Waals surface area contributed by atoms with Crippen molar-refractivity contribution in [1.29, 1.82) is 0 Å². The predicted octanol–water partition coefficient (Wildman–Crippen LogP) is 0.822. The van der Waals surface area contributed by atoms with Gasteiger partial charge in [-0.1, -0.05) is 0 Å². The maximum atomic E-state index is 11.8. The molecular formula is C10H17F3N2O2. The third kappa shape index (κ3) is 4.51. The van der Waals surface area contributed by atoms with Crippen LogP contribution in [0.5, 0.6) is 0 Å². The fourth-order valence-corrected chi connectivity index (χ4v) is 1.68. The summed E-state index contributed by atoms with van der Waals surface area (Å²) in [7, 11) is 0. The molecule has 0 aromatic carbocycles. The minimum Gasteiger partial charge on any atom is -0.376 e. The maximum Gasteiger partial charge on any atom is 0.401 e. The van der Waals surface area contributed by atoms with Crippen molar-refractivity contribution in [3.63, 3.8) is 0 Å². The maximum absolute atomic E-state index is 11.8. The van der Waals surface area contributed by atoms with Crippen molar-refractivity contribution in [2.75, 3.05) is 19.7 Å². The minimum absolute atomic E-state index is 0.130. The topological polar surface area (TPSA) is 50.4 Å². The van der Waals surface area contributed by atoms with Gasteiger partial charge < -0.3 is 15.4 Å². The summed E-state index contributed by atoms with van der Waals surface area (Å²) >= 11 is 0. The highest BCUT2D eigenvalue weighted by Gasteiger charge is 2.38. The molecule has 2 N–H and O–H groups in total. The first-order valence-electron chi connectivity index (χ1n) is 5.43. The van der Waals surface area contributed by atoms with Crippen LogP contribution in [0.15, 0.2) is 0 Å². The van der Waals surface area contributed by atoms with Gasteiger partial charge in [0, 0.05) is 6.61 Å². The highest BCUT2D eigenvalue weighted by molar-refractivity contribution is 5.78. The number of rotatable bonds is 4. The van der Waals surface area contributed by atoms with Crippen molar-refractivity contribution >= 4 is 5.91 Å². The Morgan fingerprint density at radius 1 is 1.53 bits per heavy atom. The van der Waals surface area contributed by atoms with Gasteiger partial charge in [0.2, 0.25) is 5.91 Å². The van der Waals surface area contributed by atoms with Crippen molar-refractivity contribution < 1.29 is 22.7 Å². The lowest BCUT2D eigenvalue weighted by atomic mass is 9.95. The molecule has 0 radical (unpaired) electrons. The van der Waals surface area contributed by atoms with Crippen LogP contribution in [0.2, 0.25) is 0 Å². The zero-order valence-corrected chi connectivity index (χ0v) is 9.86. The number of carbonyl (C=O) groups excluding carboxylic acids is 1. The summed E-state index contributed by atoms with van der Waals surface area (Å²) in [4.78, 5) is 11.4. The molecule has 1 fully saturated rings. The minimum atomic E-state index is -4.30. The Bertz CT molecular complexity index is 283. The Labute approximate surface area is 97.9 Å².